The number of hydrogen-bond donors (Lipinski definition) is 1. The second-order valence-corrected chi connectivity index (χ2v) is 3.66. The summed E-state index contributed by atoms with van der Waals surface area (Å²) >= 11 is 0. The molecule has 18 heteroatoms. The molecule has 0 rings (SSSR count). The summed E-state index contributed by atoms with van der Waals surface area (Å²) in [6, 6.07) is 0. The molecule has 0 aromatic rings. The average Bonchev–Trinajstić information content (AvgIpc) is 2.22. The number of carboxylic acids is 1. The Morgan fingerprint density at radius 1 is 0.680 bits per heavy atom. The predicted molar refractivity (Wildman–Crippen MR) is 46.3 cm³/mol. The van der Waals surface area contributed by atoms with E-state index in [0.717, 1.165) is 0 Å². The van der Waals surface area contributed by atoms with Crippen molar-refractivity contribution in [1.29, 1.82) is 0 Å². The topological polar surface area (TPSA) is 55.8 Å². The van der Waals surface area contributed by atoms with E-state index in [0.29, 0.717) is 0 Å². The molecule has 145 valence electrons. The quantitative estimate of drug-likeness (QED) is 0.514. The molecule has 0 heterocycles. The van der Waals surface area contributed by atoms with E-state index in [9.17, 15) is 61.9 Å². The molecule has 1 unspecified atom stereocenters. The average molecular weight is 435 g/mol. The maximum Gasteiger partial charge on any atom is 0.527 e. The van der Waals surface area contributed by atoms with Gasteiger partial charge in [0.05, 0.1) is 0 Å². The van der Waals surface area contributed by atoms with Gasteiger partial charge in [-0.15, -0.1) is 13.2 Å². The van der Waals surface area contributed by atoms with Gasteiger partial charge < -0.3 is 5.11 Å². The van der Waals surface area contributed by atoms with Gasteiger partial charge in [-0.2, -0.15) is 43.9 Å². The van der Waals surface area contributed by atoms with Crippen molar-refractivity contribution in [2.75, 3.05) is 0 Å². The molecule has 0 aromatic heterocycles. The smallest absolute Gasteiger partial charge is 0.477 e. The van der Waals surface area contributed by atoms with Crippen LogP contribution in [0.25, 0.3) is 0 Å². The number of hydrogen-bond acceptors (Lipinski definition) is 3. The second-order valence-electron chi connectivity index (χ2n) is 3.66. The molecular weight excluding hydrogens is 434 g/mol. The largest absolute Gasteiger partial charge is 0.527 e. The maximum absolute atomic E-state index is 12.9. The fourth-order valence-corrected chi connectivity index (χ4v) is 0.842. The van der Waals surface area contributed by atoms with E-state index in [2.05, 4.69) is 0 Å². The number of alkyl halides is 13. The first-order valence-corrected chi connectivity index (χ1v) is 4.70. The molecule has 0 aliphatic carbocycles. The van der Waals surface area contributed by atoms with Crippen molar-refractivity contribution in [3.05, 3.63) is 0 Å². The number of aliphatic carboxylic acids is 1. The van der Waals surface area contributed by atoms with Crippen molar-refractivity contribution < 1.29 is 76.5 Å². The van der Waals surface area contributed by atoms with Crippen LogP contribution in [0.5, 0.6) is 0 Å². The van der Waals surface area contributed by atoms with E-state index in [1.807, 2.05) is 0 Å². The predicted octanol–water partition coefficient (Wildman–Crippen LogP) is 3.29. The minimum Gasteiger partial charge on any atom is -0.477 e. The molecule has 0 aliphatic rings. The summed E-state index contributed by atoms with van der Waals surface area (Å²) in [6.07, 6.45) is -28.4. The Hall–Kier alpha value is 0.116. The van der Waals surface area contributed by atoms with Gasteiger partial charge in [0.15, 0.2) is 0 Å². The minimum absolute atomic E-state index is 0. The summed E-state index contributed by atoms with van der Waals surface area (Å²) in [6.45, 7) is 0. The van der Waals surface area contributed by atoms with Gasteiger partial charge in [0.1, 0.15) is 0 Å². The molecule has 0 saturated carbocycles. The zero-order chi connectivity index (χ0) is 20.0. The molecule has 1 atom stereocenters. The molecule has 0 spiro atoms. The fourth-order valence-electron chi connectivity index (χ4n) is 0.842. The monoisotopic (exact) mass is 435 g/mol. The van der Waals surface area contributed by atoms with Crippen molar-refractivity contribution in [3.8, 4) is 0 Å². The Balaban J connectivity index is 0. The van der Waals surface area contributed by atoms with Gasteiger partial charge in [0.2, 0.25) is 0 Å². The Morgan fingerprint density at radius 3 is 1.24 bits per heavy atom. The second kappa shape index (κ2) is 7.62. The molecule has 0 aliphatic heterocycles. The van der Waals surface area contributed by atoms with Crippen LogP contribution in [0.2, 0.25) is 0 Å². The van der Waals surface area contributed by atoms with E-state index in [1.54, 1.807) is 4.74 Å². The van der Waals surface area contributed by atoms with Gasteiger partial charge in [-0.1, -0.05) is 0 Å². The summed E-state index contributed by atoms with van der Waals surface area (Å²) < 4.78 is 162. The van der Waals surface area contributed by atoms with Gasteiger partial charge in [0.25, 0.3) is 0 Å². The molecule has 1 N–H and O–H groups in total. The van der Waals surface area contributed by atoms with Gasteiger partial charge >= 0.3 is 42.5 Å². The number of rotatable bonds is 6. The Labute approximate surface area is 169 Å². The van der Waals surface area contributed by atoms with Crippen molar-refractivity contribution in [1.82, 2.24) is 0 Å². The Bertz CT molecular complexity index is 486. The molecular formula is C7HF13KO4. The van der Waals surface area contributed by atoms with E-state index < -0.39 is 42.5 Å². The maximum atomic E-state index is 12.9. The third-order valence-corrected chi connectivity index (χ3v) is 1.88. The SMILES string of the molecule is O=C(O)C(F)(OC(F)(F)C(F)(F)C(F)(F)OC(F)(F)F)C(F)(F)F.[K]. The number of carbonyl (C=O) groups is 1. The van der Waals surface area contributed by atoms with Crippen LogP contribution >= 0.6 is 0 Å². The minimum atomic E-state index is -7.58. The Morgan fingerprint density at radius 2 is 1.00 bits per heavy atom. The van der Waals surface area contributed by atoms with Gasteiger partial charge in [-0.25, -0.2) is 9.53 Å². The molecule has 0 saturated heterocycles. The van der Waals surface area contributed by atoms with E-state index in [-0.39, 0.29) is 51.4 Å². The van der Waals surface area contributed by atoms with Crippen molar-refractivity contribution in [2.24, 2.45) is 0 Å². The number of halogens is 13. The number of carboxylic acid groups (broad SMARTS) is 1. The van der Waals surface area contributed by atoms with E-state index in [1.165, 1.54) is 4.74 Å². The van der Waals surface area contributed by atoms with Gasteiger partial charge in [-0.3, -0.25) is 4.74 Å². The first kappa shape index (κ1) is 27.3. The molecule has 0 amide bonds. The van der Waals surface area contributed by atoms with Crippen LogP contribution in [0, 0.1) is 0 Å². The zero-order valence-electron chi connectivity index (χ0n) is 11.1. The van der Waals surface area contributed by atoms with Gasteiger partial charge in [-0.05, 0) is 0 Å². The number of ether oxygens (including phenoxy) is 2. The first-order valence-electron chi connectivity index (χ1n) is 4.70. The molecule has 4 nitrogen and oxygen atoms in total. The Kier molecular flexibility index (Phi) is 8.34. The summed E-state index contributed by atoms with van der Waals surface area (Å²) in [7, 11) is 0. The third kappa shape index (κ3) is 5.80. The van der Waals surface area contributed by atoms with Crippen LogP contribution in [0.1, 0.15) is 0 Å². The first-order chi connectivity index (χ1) is 10.1. The molecule has 0 aromatic carbocycles. The molecule has 1 radical (unpaired) electrons. The summed E-state index contributed by atoms with van der Waals surface area (Å²) in [5, 5.41) is 7.79. The third-order valence-electron chi connectivity index (χ3n) is 1.88. The van der Waals surface area contributed by atoms with Crippen molar-refractivity contribution in [2.45, 2.75) is 36.5 Å². The van der Waals surface area contributed by atoms with Crippen LogP contribution in [0.15, 0.2) is 0 Å². The van der Waals surface area contributed by atoms with Crippen LogP contribution in [0.4, 0.5) is 57.1 Å². The standard InChI is InChI=1S/C7HF13O4.K/c8-2(1(21)22,4(11,12)13)23-5(14,15)3(9,10)6(16,17)24-7(18,19)20;/h(H,21,22);. The zero-order valence-corrected chi connectivity index (χ0v) is 14.2. The van der Waals surface area contributed by atoms with Gasteiger partial charge in [0, 0.05) is 51.4 Å². The van der Waals surface area contributed by atoms with Crippen LogP contribution in [-0.4, -0.2) is 99.0 Å². The normalized spacial score (nSPS) is 16.8. The van der Waals surface area contributed by atoms with Crippen LogP contribution < -0.4 is 0 Å². The summed E-state index contributed by atoms with van der Waals surface area (Å²) in [5.41, 5.74) is 0. The van der Waals surface area contributed by atoms with E-state index in [4.69, 9.17) is 5.11 Å². The fraction of sp³-hybridized carbons (Fsp3) is 0.857. The van der Waals surface area contributed by atoms with Crippen LogP contribution in [-0.2, 0) is 14.3 Å². The molecule has 0 bridgehead atoms. The van der Waals surface area contributed by atoms with Crippen molar-refractivity contribution in [3.63, 3.8) is 0 Å². The van der Waals surface area contributed by atoms with Crippen LogP contribution in [0.3, 0.4) is 0 Å². The molecule has 25 heavy (non-hydrogen) atoms. The summed E-state index contributed by atoms with van der Waals surface area (Å²) in [4.78, 5) is 9.95. The molecule has 0 fully saturated rings. The van der Waals surface area contributed by atoms with Crippen molar-refractivity contribution >= 4 is 57.4 Å². The summed E-state index contributed by atoms with van der Waals surface area (Å²) in [5.74, 6) is -18.3. The van der Waals surface area contributed by atoms with E-state index >= 15 is 0 Å².